The molecule has 1 amide bonds. The van der Waals surface area contributed by atoms with Crippen molar-refractivity contribution in [3.8, 4) is 11.5 Å². The summed E-state index contributed by atoms with van der Waals surface area (Å²) in [6, 6.07) is 16.9. The number of amides is 1. The standard InChI is InChI=1S/C22H20F2N2O4S/c1-15(26(31(2,28)29)16-12-13-18(23)19(24)14-16)22(27)25-20-10-6-7-11-21(20)30-17-8-4-3-5-9-17/h3-15H,1-2H3,(H,25,27)/t15-/m1/s1. The van der Waals surface area contributed by atoms with Gasteiger partial charge in [0.25, 0.3) is 0 Å². The van der Waals surface area contributed by atoms with Crippen molar-refractivity contribution in [2.45, 2.75) is 13.0 Å². The molecule has 0 aliphatic rings. The molecule has 9 heteroatoms. The minimum absolute atomic E-state index is 0.169. The van der Waals surface area contributed by atoms with Crippen molar-refractivity contribution in [3.05, 3.63) is 84.4 Å². The van der Waals surface area contributed by atoms with E-state index in [1.807, 2.05) is 6.07 Å². The zero-order valence-electron chi connectivity index (χ0n) is 16.7. The predicted molar refractivity (Wildman–Crippen MR) is 115 cm³/mol. The molecule has 1 N–H and O–H groups in total. The number of para-hydroxylation sites is 3. The molecule has 0 saturated heterocycles. The zero-order valence-corrected chi connectivity index (χ0v) is 17.6. The van der Waals surface area contributed by atoms with Crippen LogP contribution >= 0.6 is 0 Å². The van der Waals surface area contributed by atoms with Gasteiger partial charge in [-0.2, -0.15) is 0 Å². The molecule has 0 radical (unpaired) electrons. The Balaban J connectivity index is 1.87. The number of nitrogens with zero attached hydrogens (tertiary/aromatic N) is 1. The predicted octanol–water partition coefficient (Wildman–Crippen LogP) is 4.55. The fourth-order valence-corrected chi connectivity index (χ4v) is 4.11. The number of benzene rings is 3. The Morgan fingerprint density at radius 1 is 0.968 bits per heavy atom. The van der Waals surface area contributed by atoms with Crippen LogP contribution in [0.25, 0.3) is 0 Å². The van der Waals surface area contributed by atoms with E-state index in [0.29, 0.717) is 17.2 Å². The van der Waals surface area contributed by atoms with Crippen LogP contribution in [0.4, 0.5) is 20.2 Å². The lowest BCUT2D eigenvalue weighted by Crippen LogP contribution is -2.45. The molecule has 0 fully saturated rings. The first kappa shape index (κ1) is 22.2. The number of rotatable bonds is 7. The molecular formula is C22H20F2N2O4S. The van der Waals surface area contributed by atoms with E-state index < -0.39 is 33.6 Å². The van der Waals surface area contributed by atoms with Gasteiger partial charge >= 0.3 is 0 Å². The molecule has 0 heterocycles. The number of halogens is 2. The highest BCUT2D eigenvalue weighted by atomic mass is 32.2. The van der Waals surface area contributed by atoms with Crippen molar-refractivity contribution in [1.82, 2.24) is 0 Å². The van der Waals surface area contributed by atoms with Gasteiger partial charge in [0.2, 0.25) is 15.9 Å². The average molecular weight is 446 g/mol. The van der Waals surface area contributed by atoms with Gasteiger partial charge < -0.3 is 10.1 Å². The third-order valence-electron chi connectivity index (χ3n) is 4.36. The molecule has 6 nitrogen and oxygen atoms in total. The molecule has 162 valence electrons. The first-order chi connectivity index (χ1) is 14.7. The van der Waals surface area contributed by atoms with Crippen LogP contribution in [0.3, 0.4) is 0 Å². The Labute approximate surface area is 179 Å². The quantitative estimate of drug-likeness (QED) is 0.578. The van der Waals surface area contributed by atoms with Crippen LogP contribution in [0.1, 0.15) is 6.92 Å². The van der Waals surface area contributed by atoms with E-state index in [0.717, 1.165) is 28.8 Å². The second-order valence-corrected chi connectivity index (χ2v) is 8.59. The Kier molecular flexibility index (Phi) is 6.55. The van der Waals surface area contributed by atoms with Crippen LogP contribution in [-0.2, 0) is 14.8 Å². The van der Waals surface area contributed by atoms with Crippen LogP contribution in [-0.4, -0.2) is 26.6 Å². The monoisotopic (exact) mass is 446 g/mol. The molecule has 0 unspecified atom stereocenters. The van der Waals surface area contributed by atoms with E-state index in [2.05, 4.69) is 5.32 Å². The van der Waals surface area contributed by atoms with Gasteiger partial charge in [0.1, 0.15) is 11.8 Å². The van der Waals surface area contributed by atoms with E-state index in [4.69, 9.17) is 4.74 Å². The number of ether oxygens (including phenoxy) is 1. The summed E-state index contributed by atoms with van der Waals surface area (Å²) in [5.41, 5.74) is 0.153. The highest BCUT2D eigenvalue weighted by Crippen LogP contribution is 2.30. The van der Waals surface area contributed by atoms with Gasteiger partial charge in [0.15, 0.2) is 17.4 Å². The minimum atomic E-state index is -3.99. The third kappa shape index (κ3) is 5.37. The van der Waals surface area contributed by atoms with Gasteiger partial charge in [-0.05, 0) is 43.3 Å². The molecule has 3 aromatic rings. The number of carbonyl (C=O) groups is 1. The van der Waals surface area contributed by atoms with E-state index in [9.17, 15) is 22.0 Å². The lowest BCUT2D eigenvalue weighted by molar-refractivity contribution is -0.116. The highest BCUT2D eigenvalue weighted by molar-refractivity contribution is 7.92. The summed E-state index contributed by atoms with van der Waals surface area (Å²) in [7, 11) is -3.99. The van der Waals surface area contributed by atoms with E-state index >= 15 is 0 Å². The number of anilines is 2. The smallest absolute Gasteiger partial charge is 0.248 e. The lowest BCUT2D eigenvalue weighted by Gasteiger charge is -2.28. The summed E-state index contributed by atoms with van der Waals surface area (Å²) in [6.45, 7) is 1.35. The Morgan fingerprint density at radius 2 is 1.61 bits per heavy atom. The summed E-state index contributed by atoms with van der Waals surface area (Å²) in [5.74, 6) is -2.12. The number of carbonyl (C=O) groups excluding carboxylic acids is 1. The van der Waals surface area contributed by atoms with Crippen molar-refractivity contribution in [2.24, 2.45) is 0 Å². The lowest BCUT2D eigenvalue weighted by atomic mass is 10.2. The fraction of sp³-hybridized carbons (Fsp3) is 0.136. The summed E-state index contributed by atoms with van der Waals surface area (Å²) >= 11 is 0. The van der Waals surface area contributed by atoms with Crippen molar-refractivity contribution in [3.63, 3.8) is 0 Å². The van der Waals surface area contributed by atoms with Crippen molar-refractivity contribution >= 4 is 27.3 Å². The molecular weight excluding hydrogens is 426 g/mol. The highest BCUT2D eigenvalue weighted by Gasteiger charge is 2.30. The normalized spacial score (nSPS) is 12.1. The first-order valence-electron chi connectivity index (χ1n) is 9.24. The largest absolute Gasteiger partial charge is 0.455 e. The molecule has 0 spiro atoms. The fourth-order valence-electron chi connectivity index (χ4n) is 2.94. The Bertz CT molecular complexity index is 1190. The summed E-state index contributed by atoms with van der Waals surface area (Å²) in [6.07, 6.45) is 0.879. The average Bonchev–Trinajstić information content (AvgIpc) is 2.72. The molecule has 3 rings (SSSR count). The van der Waals surface area contributed by atoms with E-state index in [1.165, 1.54) is 6.92 Å². The summed E-state index contributed by atoms with van der Waals surface area (Å²) in [4.78, 5) is 12.9. The van der Waals surface area contributed by atoms with Crippen LogP contribution in [0.5, 0.6) is 11.5 Å². The van der Waals surface area contributed by atoms with E-state index in [1.54, 1.807) is 48.5 Å². The Morgan fingerprint density at radius 3 is 2.26 bits per heavy atom. The summed E-state index contributed by atoms with van der Waals surface area (Å²) < 4.78 is 58.2. The number of sulfonamides is 1. The van der Waals surface area contributed by atoms with Crippen LogP contribution < -0.4 is 14.4 Å². The maximum atomic E-state index is 13.7. The first-order valence-corrected chi connectivity index (χ1v) is 11.1. The molecule has 31 heavy (non-hydrogen) atoms. The Hall–Kier alpha value is -3.46. The van der Waals surface area contributed by atoms with Gasteiger partial charge in [0.05, 0.1) is 17.6 Å². The minimum Gasteiger partial charge on any atom is -0.455 e. The maximum Gasteiger partial charge on any atom is 0.248 e. The maximum absolute atomic E-state index is 13.7. The number of hydrogen-bond donors (Lipinski definition) is 1. The molecule has 0 bridgehead atoms. The zero-order chi connectivity index (χ0) is 22.6. The molecule has 3 aromatic carbocycles. The van der Waals surface area contributed by atoms with Crippen molar-refractivity contribution < 1.29 is 26.7 Å². The number of nitrogens with one attached hydrogen (secondary N) is 1. The van der Waals surface area contributed by atoms with Crippen molar-refractivity contribution in [2.75, 3.05) is 15.9 Å². The molecule has 0 aliphatic heterocycles. The molecule has 1 atom stereocenters. The molecule has 0 saturated carbocycles. The second-order valence-electron chi connectivity index (χ2n) is 6.73. The molecule has 0 aliphatic carbocycles. The topological polar surface area (TPSA) is 75.7 Å². The van der Waals surface area contributed by atoms with Gasteiger partial charge in [-0.3, -0.25) is 9.10 Å². The second kappa shape index (κ2) is 9.13. The van der Waals surface area contributed by atoms with Crippen LogP contribution in [0.2, 0.25) is 0 Å². The van der Waals surface area contributed by atoms with Gasteiger partial charge in [0, 0.05) is 6.07 Å². The SMILES string of the molecule is C[C@H](C(=O)Nc1ccccc1Oc1ccccc1)N(c1ccc(F)c(F)c1)S(C)(=O)=O. The van der Waals surface area contributed by atoms with Gasteiger partial charge in [-0.15, -0.1) is 0 Å². The summed E-state index contributed by atoms with van der Waals surface area (Å²) in [5, 5.41) is 2.64. The van der Waals surface area contributed by atoms with Gasteiger partial charge in [-0.1, -0.05) is 30.3 Å². The van der Waals surface area contributed by atoms with E-state index in [-0.39, 0.29) is 5.69 Å². The van der Waals surface area contributed by atoms with Crippen LogP contribution in [0, 0.1) is 11.6 Å². The van der Waals surface area contributed by atoms with Gasteiger partial charge in [-0.25, -0.2) is 17.2 Å². The molecule has 0 aromatic heterocycles. The van der Waals surface area contributed by atoms with Crippen LogP contribution in [0.15, 0.2) is 72.8 Å². The number of hydrogen-bond acceptors (Lipinski definition) is 4. The third-order valence-corrected chi connectivity index (χ3v) is 5.60. The van der Waals surface area contributed by atoms with Crippen molar-refractivity contribution in [1.29, 1.82) is 0 Å².